The molecule has 9 nitrogen and oxygen atoms in total. The molecule has 178 valence electrons. The van der Waals surface area contributed by atoms with Crippen LogP contribution < -0.4 is 10.0 Å². The van der Waals surface area contributed by atoms with Crippen LogP contribution in [0.2, 0.25) is 0 Å². The van der Waals surface area contributed by atoms with Crippen LogP contribution in [0.15, 0.2) is 81.2 Å². The van der Waals surface area contributed by atoms with E-state index in [9.17, 15) is 26.4 Å². The Morgan fingerprint density at radius 3 is 2.21 bits per heavy atom. The summed E-state index contributed by atoms with van der Waals surface area (Å²) in [6, 6.07) is 16.0. The lowest BCUT2D eigenvalue weighted by Crippen LogP contribution is -2.46. The van der Waals surface area contributed by atoms with Gasteiger partial charge in [0, 0.05) is 6.54 Å². The largest absolute Gasteiger partial charge is 0.274 e. The zero-order valence-corrected chi connectivity index (χ0v) is 20.2. The summed E-state index contributed by atoms with van der Waals surface area (Å²) in [5, 5.41) is 6.73. The predicted molar refractivity (Wildman–Crippen MR) is 127 cm³/mol. The van der Waals surface area contributed by atoms with Crippen LogP contribution in [0.1, 0.15) is 12.0 Å². The van der Waals surface area contributed by atoms with Gasteiger partial charge in [0.15, 0.2) is 0 Å². The first-order valence-electron chi connectivity index (χ1n) is 10.2. The molecule has 12 heteroatoms. The second kappa shape index (κ2) is 9.39. The zero-order valence-electron chi connectivity index (χ0n) is 17.8. The number of primary sulfonamides is 1. The van der Waals surface area contributed by atoms with Crippen molar-refractivity contribution in [2.24, 2.45) is 5.14 Å². The highest BCUT2D eigenvalue weighted by atomic mass is 32.2. The number of nitrogens with zero attached hydrogens (tertiary/aromatic N) is 2. The van der Waals surface area contributed by atoms with Gasteiger partial charge in [0.2, 0.25) is 15.9 Å². The number of carbonyl (C=O) groups is 2. The first kappa shape index (κ1) is 24.2. The average Bonchev–Trinajstić information content (AvgIpc) is 3.43. The van der Waals surface area contributed by atoms with E-state index < -0.39 is 37.9 Å². The van der Waals surface area contributed by atoms with Crippen molar-refractivity contribution in [3.63, 3.8) is 0 Å². The van der Waals surface area contributed by atoms with Crippen LogP contribution in [-0.4, -0.2) is 45.5 Å². The molecule has 2 heterocycles. The SMILES string of the molecule is NS(=O)(=O)c1ccc(N2C(=O)CC(N(CCc3ccccc3)S(=O)(=O)c3cccs3)C2=O)cc1. The van der Waals surface area contributed by atoms with Crippen LogP contribution in [0.5, 0.6) is 0 Å². The number of rotatable bonds is 8. The van der Waals surface area contributed by atoms with Crippen molar-refractivity contribution in [2.45, 2.75) is 28.0 Å². The van der Waals surface area contributed by atoms with Gasteiger partial charge >= 0.3 is 0 Å². The highest BCUT2D eigenvalue weighted by Crippen LogP contribution is 2.31. The van der Waals surface area contributed by atoms with E-state index in [2.05, 4.69) is 0 Å². The Morgan fingerprint density at radius 2 is 1.62 bits per heavy atom. The predicted octanol–water partition coefficient (Wildman–Crippen LogP) is 1.96. The first-order valence-corrected chi connectivity index (χ1v) is 14.0. The van der Waals surface area contributed by atoms with E-state index in [0.29, 0.717) is 6.42 Å². The maximum atomic E-state index is 13.4. The van der Waals surface area contributed by atoms with Crippen LogP contribution in [0, 0.1) is 0 Å². The van der Waals surface area contributed by atoms with Crippen LogP contribution in [0.4, 0.5) is 5.69 Å². The fraction of sp³-hybridized carbons (Fsp3) is 0.182. The standard InChI is InChI=1S/C22H21N3O6S3/c23-33(28,29)18-10-8-17(9-11-18)25-20(26)15-19(22(25)27)24(13-12-16-5-2-1-3-6-16)34(30,31)21-7-4-14-32-21/h1-11,14,19H,12-13,15H2,(H2,23,28,29). The van der Waals surface area contributed by atoms with Gasteiger partial charge < -0.3 is 0 Å². The van der Waals surface area contributed by atoms with E-state index in [-0.39, 0.29) is 27.8 Å². The number of imide groups is 1. The van der Waals surface area contributed by atoms with Crippen molar-refractivity contribution in [3.05, 3.63) is 77.7 Å². The van der Waals surface area contributed by atoms with E-state index in [0.717, 1.165) is 26.1 Å². The molecule has 0 radical (unpaired) electrons. The summed E-state index contributed by atoms with van der Waals surface area (Å²) in [5.41, 5.74) is 1.03. The molecule has 1 aromatic heterocycles. The van der Waals surface area contributed by atoms with Gasteiger partial charge in [0.1, 0.15) is 10.3 Å². The fourth-order valence-electron chi connectivity index (χ4n) is 3.75. The van der Waals surface area contributed by atoms with Gasteiger partial charge in [-0.15, -0.1) is 11.3 Å². The summed E-state index contributed by atoms with van der Waals surface area (Å²) in [6.07, 6.45) is 0.0294. The minimum atomic E-state index is -4.04. The van der Waals surface area contributed by atoms with E-state index in [1.807, 2.05) is 30.3 Å². The number of benzene rings is 2. The number of sulfonamides is 2. The third-order valence-electron chi connectivity index (χ3n) is 5.42. The lowest BCUT2D eigenvalue weighted by atomic mass is 10.1. The van der Waals surface area contributed by atoms with Gasteiger partial charge in [-0.25, -0.2) is 26.9 Å². The molecule has 0 saturated carbocycles. The van der Waals surface area contributed by atoms with Crippen LogP contribution in [0.3, 0.4) is 0 Å². The molecule has 1 aliphatic rings. The molecule has 3 aromatic rings. The van der Waals surface area contributed by atoms with Gasteiger partial charge in [-0.2, -0.15) is 4.31 Å². The Balaban J connectivity index is 1.66. The second-order valence-electron chi connectivity index (χ2n) is 7.61. The van der Waals surface area contributed by atoms with Crippen molar-refractivity contribution in [3.8, 4) is 0 Å². The molecule has 2 amide bonds. The van der Waals surface area contributed by atoms with Gasteiger partial charge in [-0.1, -0.05) is 36.4 Å². The number of nitrogens with two attached hydrogens (primary N) is 1. The number of carbonyl (C=O) groups excluding carboxylic acids is 2. The summed E-state index contributed by atoms with van der Waals surface area (Å²) >= 11 is 1.03. The molecule has 1 fully saturated rings. The molecule has 2 aromatic carbocycles. The van der Waals surface area contributed by atoms with Crippen molar-refractivity contribution in [2.75, 3.05) is 11.4 Å². The van der Waals surface area contributed by atoms with Crippen molar-refractivity contribution < 1.29 is 26.4 Å². The topological polar surface area (TPSA) is 135 Å². The molecule has 34 heavy (non-hydrogen) atoms. The Hall–Kier alpha value is -2.90. The monoisotopic (exact) mass is 519 g/mol. The smallest absolute Gasteiger partial charge is 0.253 e. The summed E-state index contributed by atoms with van der Waals surface area (Å²) in [6.45, 7) is 0.00608. The van der Waals surface area contributed by atoms with Crippen molar-refractivity contribution in [1.29, 1.82) is 0 Å². The third-order valence-corrected chi connectivity index (χ3v) is 9.63. The number of hydrogen-bond acceptors (Lipinski definition) is 7. The van der Waals surface area contributed by atoms with E-state index >= 15 is 0 Å². The molecule has 1 saturated heterocycles. The number of hydrogen-bond donors (Lipinski definition) is 1. The Labute approximate surface area is 201 Å². The lowest BCUT2D eigenvalue weighted by molar-refractivity contribution is -0.122. The molecule has 0 spiro atoms. The normalized spacial score (nSPS) is 17.0. The molecular weight excluding hydrogens is 498 g/mol. The number of anilines is 1. The minimum Gasteiger partial charge on any atom is -0.274 e. The maximum absolute atomic E-state index is 13.4. The third kappa shape index (κ3) is 4.81. The molecule has 1 aliphatic heterocycles. The molecule has 4 rings (SSSR count). The Morgan fingerprint density at radius 1 is 0.941 bits per heavy atom. The van der Waals surface area contributed by atoms with Gasteiger partial charge in [-0.05, 0) is 47.7 Å². The quantitative estimate of drug-likeness (QED) is 0.452. The van der Waals surface area contributed by atoms with Crippen LogP contribution in [-0.2, 0) is 36.1 Å². The first-order chi connectivity index (χ1) is 16.1. The van der Waals surface area contributed by atoms with E-state index in [1.165, 1.54) is 30.3 Å². The molecule has 0 aliphatic carbocycles. The van der Waals surface area contributed by atoms with Crippen molar-refractivity contribution >= 4 is 48.9 Å². The van der Waals surface area contributed by atoms with Gasteiger partial charge in [0.25, 0.3) is 15.9 Å². The summed E-state index contributed by atoms with van der Waals surface area (Å²) < 4.78 is 51.0. The Bertz CT molecular complexity index is 1400. The molecule has 1 atom stereocenters. The summed E-state index contributed by atoms with van der Waals surface area (Å²) in [7, 11) is -7.99. The Kier molecular flexibility index (Phi) is 6.69. The summed E-state index contributed by atoms with van der Waals surface area (Å²) in [4.78, 5) is 26.9. The fourth-order valence-corrected chi connectivity index (χ4v) is 6.97. The van der Waals surface area contributed by atoms with Crippen molar-refractivity contribution in [1.82, 2.24) is 4.31 Å². The van der Waals surface area contributed by atoms with E-state index in [4.69, 9.17) is 5.14 Å². The van der Waals surface area contributed by atoms with Crippen LogP contribution in [0.25, 0.3) is 0 Å². The van der Waals surface area contributed by atoms with Gasteiger partial charge in [0.05, 0.1) is 17.0 Å². The minimum absolute atomic E-state index is 0.00608. The lowest BCUT2D eigenvalue weighted by Gasteiger charge is -2.26. The molecular formula is C22H21N3O6S3. The molecule has 2 N–H and O–H groups in total. The second-order valence-corrected chi connectivity index (χ2v) is 12.2. The average molecular weight is 520 g/mol. The highest BCUT2D eigenvalue weighted by Gasteiger charge is 2.47. The maximum Gasteiger partial charge on any atom is 0.253 e. The molecule has 0 bridgehead atoms. The van der Waals surface area contributed by atoms with E-state index in [1.54, 1.807) is 11.4 Å². The zero-order chi connectivity index (χ0) is 24.5. The highest BCUT2D eigenvalue weighted by molar-refractivity contribution is 7.91. The number of thiophene rings is 1. The molecule has 1 unspecified atom stereocenters. The number of amides is 2. The van der Waals surface area contributed by atoms with Crippen LogP contribution >= 0.6 is 11.3 Å². The summed E-state index contributed by atoms with van der Waals surface area (Å²) in [5.74, 6) is -1.27. The van der Waals surface area contributed by atoms with Gasteiger partial charge in [-0.3, -0.25) is 9.59 Å².